The Morgan fingerprint density at radius 1 is 0.419 bits per heavy atom. The molecule has 0 radical (unpaired) electrons. The zero-order valence-corrected chi connectivity index (χ0v) is 17.4. The van der Waals surface area contributed by atoms with Crippen LogP contribution in [0.5, 0.6) is 0 Å². The van der Waals surface area contributed by atoms with Crippen LogP contribution in [0, 0.1) is 11.8 Å². The molecule has 0 aromatic heterocycles. The van der Waals surface area contributed by atoms with Gasteiger partial charge in [-0.2, -0.15) is 0 Å². The molecule has 0 bridgehead atoms. The third-order valence-electron chi connectivity index (χ3n) is 7.00. The molecule has 0 saturated heterocycles. The van der Waals surface area contributed by atoms with Crippen molar-refractivity contribution >= 4 is 5.71 Å². The van der Waals surface area contributed by atoms with Crippen LogP contribution in [0.2, 0.25) is 0 Å². The lowest BCUT2D eigenvalue weighted by Crippen LogP contribution is -2.22. The van der Waals surface area contributed by atoms with Crippen LogP contribution >= 0.6 is 0 Å². The van der Waals surface area contributed by atoms with Crippen molar-refractivity contribution in [3.05, 3.63) is 144 Å². The SMILES string of the molecule is c1ccc(C2=NC(c3ccccc3)C(c3ccccc3)C3C2C3c2ccccc2)cc1. The van der Waals surface area contributed by atoms with Crippen molar-refractivity contribution in [1.29, 1.82) is 0 Å². The molecule has 1 aliphatic carbocycles. The van der Waals surface area contributed by atoms with E-state index in [0.29, 0.717) is 23.7 Å². The van der Waals surface area contributed by atoms with Crippen LogP contribution in [0.15, 0.2) is 126 Å². The van der Waals surface area contributed by atoms with Crippen LogP contribution in [0.4, 0.5) is 0 Å². The quantitative estimate of drug-likeness (QED) is 0.349. The van der Waals surface area contributed by atoms with E-state index < -0.39 is 0 Å². The van der Waals surface area contributed by atoms with E-state index >= 15 is 0 Å². The second-order valence-electron chi connectivity index (χ2n) is 8.71. The summed E-state index contributed by atoms with van der Waals surface area (Å²) in [4.78, 5) is 5.50. The van der Waals surface area contributed by atoms with Gasteiger partial charge in [0.1, 0.15) is 0 Å². The molecule has 1 aliphatic heterocycles. The van der Waals surface area contributed by atoms with Crippen molar-refractivity contribution in [2.75, 3.05) is 0 Å². The van der Waals surface area contributed by atoms with Crippen LogP contribution in [-0.2, 0) is 0 Å². The molecular weight excluding hydrogens is 374 g/mol. The second kappa shape index (κ2) is 7.67. The molecule has 4 aromatic rings. The van der Waals surface area contributed by atoms with E-state index in [1.165, 1.54) is 28.0 Å². The summed E-state index contributed by atoms with van der Waals surface area (Å²) in [7, 11) is 0. The molecule has 5 atom stereocenters. The molecule has 4 aromatic carbocycles. The Morgan fingerprint density at radius 2 is 0.871 bits per heavy atom. The summed E-state index contributed by atoms with van der Waals surface area (Å²) in [5.41, 5.74) is 6.70. The molecule has 5 unspecified atom stereocenters. The van der Waals surface area contributed by atoms with Crippen molar-refractivity contribution in [3.63, 3.8) is 0 Å². The molecule has 6 rings (SSSR count). The van der Waals surface area contributed by atoms with E-state index in [2.05, 4.69) is 121 Å². The highest BCUT2D eigenvalue weighted by Gasteiger charge is 2.61. The standard InChI is InChI=1S/C30H25N/c1-5-13-21(14-6-1)25-27-26(22-15-7-2-8-16-22)29(23-17-9-3-10-18-23)31-30(28(25)27)24-19-11-4-12-20-24/h1-20,25-29H. The lowest BCUT2D eigenvalue weighted by molar-refractivity contribution is 0.469. The predicted octanol–water partition coefficient (Wildman–Crippen LogP) is 7.04. The van der Waals surface area contributed by atoms with Gasteiger partial charge in [0.2, 0.25) is 0 Å². The van der Waals surface area contributed by atoms with Gasteiger partial charge in [0.25, 0.3) is 0 Å². The summed E-state index contributed by atoms with van der Waals surface area (Å²) in [6.45, 7) is 0. The Hall–Kier alpha value is -3.45. The normalized spacial score (nSPS) is 26.6. The number of rotatable bonds is 4. The number of nitrogens with zero attached hydrogens (tertiary/aromatic N) is 1. The van der Waals surface area contributed by atoms with Gasteiger partial charge < -0.3 is 0 Å². The van der Waals surface area contributed by atoms with Crippen LogP contribution < -0.4 is 0 Å². The van der Waals surface area contributed by atoms with E-state index in [0.717, 1.165) is 0 Å². The minimum absolute atomic E-state index is 0.133. The highest BCUT2D eigenvalue weighted by Crippen LogP contribution is 2.67. The Labute approximate surface area is 184 Å². The summed E-state index contributed by atoms with van der Waals surface area (Å²) in [5.74, 6) is 1.92. The number of fused-ring (bicyclic) bond motifs is 1. The molecule has 1 fully saturated rings. The fourth-order valence-corrected chi connectivity index (χ4v) is 5.65. The molecule has 31 heavy (non-hydrogen) atoms. The second-order valence-corrected chi connectivity index (χ2v) is 8.71. The fraction of sp³-hybridized carbons (Fsp3) is 0.167. The molecule has 150 valence electrons. The van der Waals surface area contributed by atoms with Gasteiger partial charge in [0.15, 0.2) is 0 Å². The summed E-state index contributed by atoms with van der Waals surface area (Å²) in [6, 6.07) is 43.9. The average molecular weight is 400 g/mol. The lowest BCUT2D eigenvalue weighted by Gasteiger charge is -2.30. The van der Waals surface area contributed by atoms with Crippen molar-refractivity contribution in [3.8, 4) is 0 Å². The Kier molecular flexibility index (Phi) is 4.53. The van der Waals surface area contributed by atoms with Crippen LogP contribution in [0.1, 0.15) is 40.1 Å². The highest BCUT2D eigenvalue weighted by molar-refractivity contribution is 6.06. The molecule has 2 aliphatic rings. The molecule has 1 saturated carbocycles. The smallest absolute Gasteiger partial charge is 0.0824 e. The Balaban J connectivity index is 1.54. The molecule has 0 amide bonds. The third-order valence-corrected chi connectivity index (χ3v) is 7.00. The monoisotopic (exact) mass is 399 g/mol. The Bertz CT molecular complexity index is 1180. The van der Waals surface area contributed by atoms with Gasteiger partial charge in [-0.05, 0) is 34.1 Å². The van der Waals surface area contributed by atoms with E-state index in [-0.39, 0.29) is 6.04 Å². The van der Waals surface area contributed by atoms with Gasteiger partial charge in [-0.3, -0.25) is 4.99 Å². The number of hydrogen-bond donors (Lipinski definition) is 0. The van der Waals surface area contributed by atoms with Crippen molar-refractivity contribution in [2.45, 2.75) is 17.9 Å². The maximum atomic E-state index is 5.50. The first kappa shape index (κ1) is 18.3. The molecule has 1 heterocycles. The van der Waals surface area contributed by atoms with Crippen LogP contribution in [-0.4, -0.2) is 5.71 Å². The zero-order valence-electron chi connectivity index (χ0n) is 17.4. The summed E-state index contributed by atoms with van der Waals surface area (Å²) in [5, 5.41) is 0. The minimum Gasteiger partial charge on any atom is -0.280 e. The van der Waals surface area contributed by atoms with Crippen molar-refractivity contribution in [1.82, 2.24) is 0 Å². The summed E-state index contributed by atoms with van der Waals surface area (Å²) >= 11 is 0. The summed E-state index contributed by atoms with van der Waals surface area (Å²) in [6.07, 6.45) is 0. The molecule has 0 N–H and O–H groups in total. The van der Waals surface area contributed by atoms with Crippen LogP contribution in [0.3, 0.4) is 0 Å². The number of aliphatic imine (C=N–C) groups is 1. The first-order valence-electron chi connectivity index (χ1n) is 11.2. The van der Waals surface area contributed by atoms with Crippen molar-refractivity contribution in [2.24, 2.45) is 16.8 Å². The number of benzene rings is 4. The van der Waals surface area contributed by atoms with Crippen molar-refractivity contribution < 1.29 is 0 Å². The zero-order chi connectivity index (χ0) is 20.6. The van der Waals surface area contributed by atoms with Crippen LogP contribution in [0.25, 0.3) is 0 Å². The number of hydrogen-bond acceptors (Lipinski definition) is 1. The van der Waals surface area contributed by atoms with Gasteiger partial charge >= 0.3 is 0 Å². The maximum absolute atomic E-state index is 5.50. The van der Waals surface area contributed by atoms with E-state index in [1.54, 1.807) is 0 Å². The Morgan fingerprint density at radius 3 is 1.42 bits per heavy atom. The average Bonchev–Trinajstić information content (AvgIpc) is 3.61. The highest BCUT2D eigenvalue weighted by atomic mass is 14.9. The topological polar surface area (TPSA) is 12.4 Å². The fourth-order valence-electron chi connectivity index (χ4n) is 5.65. The molecule has 1 heteroatoms. The molecular formula is C30H25N. The van der Waals surface area contributed by atoms with E-state index in [1.807, 2.05) is 0 Å². The van der Waals surface area contributed by atoms with Gasteiger partial charge in [-0.1, -0.05) is 121 Å². The molecule has 0 spiro atoms. The van der Waals surface area contributed by atoms with Gasteiger partial charge in [-0.15, -0.1) is 0 Å². The van der Waals surface area contributed by atoms with E-state index in [4.69, 9.17) is 4.99 Å². The summed E-state index contributed by atoms with van der Waals surface area (Å²) < 4.78 is 0. The lowest BCUT2D eigenvalue weighted by atomic mass is 9.79. The van der Waals surface area contributed by atoms with E-state index in [9.17, 15) is 0 Å². The maximum Gasteiger partial charge on any atom is 0.0824 e. The first-order chi connectivity index (χ1) is 15.4. The molecule has 1 nitrogen and oxygen atoms in total. The largest absolute Gasteiger partial charge is 0.280 e. The van der Waals surface area contributed by atoms with Gasteiger partial charge in [0, 0.05) is 17.5 Å². The minimum atomic E-state index is 0.133. The van der Waals surface area contributed by atoms with Gasteiger partial charge in [-0.25, -0.2) is 0 Å². The third kappa shape index (κ3) is 3.21. The predicted molar refractivity (Wildman–Crippen MR) is 128 cm³/mol. The first-order valence-corrected chi connectivity index (χ1v) is 11.2. The van der Waals surface area contributed by atoms with Gasteiger partial charge in [0.05, 0.1) is 6.04 Å².